The van der Waals surface area contributed by atoms with E-state index < -0.39 is 0 Å². The molecule has 21 heavy (non-hydrogen) atoms. The van der Waals surface area contributed by atoms with E-state index in [2.05, 4.69) is 15.5 Å². The Hall–Kier alpha value is -1.59. The number of hydrogen-bond donors (Lipinski definition) is 1. The minimum absolute atomic E-state index is 0.335. The lowest BCUT2D eigenvalue weighted by atomic mass is 9.98. The van der Waals surface area contributed by atoms with Crippen molar-refractivity contribution < 1.29 is 9.26 Å². The molecular formula is C15H18ClN3O2. The minimum atomic E-state index is 0.335. The van der Waals surface area contributed by atoms with E-state index in [-0.39, 0.29) is 0 Å². The van der Waals surface area contributed by atoms with E-state index in [0.29, 0.717) is 29.3 Å². The summed E-state index contributed by atoms with van der Waals surface area (Å²) in [5, 5.41) is 8.06. The average molecular weight is 308 g/mol. The van der Waals surface area contributed by atoms with Gasteiger partial charge in [-0.2, -0.15) is 4.98 Å². The van der Waals surface area contributed by atoms with E-state index in [4.69, 9.17) is 20.9 Å². The SMILES string of the molecule is CCOc1ccc(Cl)cc1-c1noc(C2CCNCC2)n1. The lowest BCUT2D eigenvalue weighted by molar-refractivity contribution is 0.320. The van der Waals surface area contributed by atoms with Crippen molar-refractivity contribution in [1.82, 2.24) is 15.5 Å². The van der Waals surface area contributed by atoms with Crippen LogP contribution in [-0.4, -0.2) is 29.8 Å². The molecule has 1 fully saturated rings. The molecule has 1 N–H and O–H groups in total. The maximum atomic E-state index is 6.07. The van der Waals surface area contributed by atoms with Gasteiger partial charge in [0.15, 0.2) is 0 Å². The molecule has 0 unspecified atom stereocenters. The van der Waals surface area contributed by atoms with Crippen LogP contribution in [0.3, 0.4) is 0 Å². The van der Waals surface area contributed by atoms with Crippen molar-refractivity contribution in [3.8, 4) is 17.1 Å². The maximum Gasteiger partial charge on any atom is 0.230 e. The molecule has 1 aromatic carbocycles. The highest BCUT2D eigenvalue weighted by Crippen LogP contribution is 2.32. The molecule has 0 atom stereocenters. The zero-order valence-electron chi connectivity index (χ0n) is 11.9. The zero-order valence-corrected chi connectivity index (χ0v) is 12.7. The van der Waals surface area contributed by atoms with Crippen molar-refractivity contribution >= 4 is 11.6 Å². The van der Waals surface area contributed by atoms with Gasteiger partial charge >= 0.3 is 0 Å². The predicted octanol–water partition coefficient (Wildman–Crippen LogP) is 3.26. The van der Waals surface area contributed by atoms with Crippen LogP contribution in [0.25, 0.3) is 11.4 Å². The second kappa shape index (κ2) is 6.45. The van der Waals surface area contributed by atoms with Crippen molar-refractivity contribution in [2.24, 2.45) is 0 Å². The largest absolute Gasteiger partial charge is 0.493 e. The molecule has 0 saturated carbocycles. The monoisotopic (exact) mass is 307 g/mol. The fourth-order valence-electron chi connectivity index (χ4n) is 2.54. The Morgan fingerprint density at radius 3 is 2.95 bits per heavy atom. The number of nitrogens with zero attached hydrogens (tertiary/aromatic N) is 2. The van der Waals surface area contributed by atoms with Crippen LogP contribution in [0.4, 0.5) is 0 Å². The Bertz CT molecular complexity index is 609. The van der Waals surface area contributed by atoms with Crippen molar-refractivity contribution in [3.05, 3.63) is 29.1 Å². The Labute approximate surface area is 128 Å². The first-order valence-corrected chi connectivity index (χ1v) is 7.62. The van der Waals surface area contributed by atoms with Crippen LogP contribution >= 0.6 is 11.6 Å². The fourth-order valence-corrected chi connectivity index (χ4v) is 2.71. The van der Waals surface area contributed by atoms with E-state index in [9.17, 15) is 0 Å². The molecule has 0 spiro atoms. The molecule has 0 amide bonds. The summed E-state index contributed by atoms with van der Waals surface area (Å²) >= 11 is 6.07. The van der Waals surface area contributed by atoms with Crippen LogP contribution in [0, 0.1) is 0 Å². The van der Waals surface area contributed by atoms with Crippen LogP contribution in [0.2, 0.25) is 5.02 Å². The van der Waals surface area contributed by atoms with Gasteiger partial charge in [0.05, 0.1) is 12.2 Å². The van der Waals surface area contributed by atoms with Gasteiger partial charge in [0.25, 0.3) is 0 Å². The third-order valence-electron chi connectivity index (χ3n) is 3.61. The summed E-state index contributed by atoms with van der Waals surface area (Å²) in [4.78, 5) is 4.54. The molecule has 2 heterocycles. The van der Waals surface area contributed by atoms with Gasteiger partial charge in [0.2, 0.25) is 11.7 Å². The number of ether oxygens (including phenoxy) is 1. The van der Waals surface area contributed by atoms with Gasteiger partial charge in [-0.25, -0.2) is 0 Å². The highest BCUT2D eigenvalue weighted by molar-refractivity contribution is 6.30. The third-order valence-corrected chi connectivity index (χ3v) is 3.85. The Morgan fingerprint density at radius 1 is 1.38 bits per heavy atom. The van der Waals surface area contributed by atoms with Crippen molar-refractivity contribution in [2.75, 3.05) is 19.7 Å². The number of piperidine rings is 1. The lowest BCUT2D eigenvalue weighted by Gasteiger charge is -2.18. The summed E-state index contributed by atoms with van der Waals surface area (Å²) in [6.07, 6.45) is 2.05. The lowest BCUT2D eigenvalue weighted by Crippen LogP contribution is -2.26. The molecule has 0 aliphatic carbocycles. The molecule has 0 radical (unpaired) electrons. The molecular weight excluding hydrogens is 290 g/mol. The Kier molecular flexibility index (Phi) is 4.41. The summed E-state index contributed by atoms with van der Waals surface area (Å²) in [5.74, 6) is 2.30. The summed E-state index contributed by atoms with van der Waals surface area (Å²) in [6, 6.07) is 5.44. The second-order valence-electron chi connectivity index (χ2n) is 5.05. The summed E-state index contributed by atoms with van der Waals surface area (Å²) in [5.41, 5.74) is 0.772. The van der Waals surface area contributed by atoms with E-state index in [0.717, 1.165) is 37.2 Å². The molecule has 6 heteroatoms. The van der Waals surface area contributed by atoms with E-state index in [1.54, 1.807) is 6.07 Å². The molecule has 5 nitrogen and oxygen atoms in total. The molecule has 1 aliphatic rings. The van der Waals surface area contributed by atoms with Crippen molar-refractivity contribution in [1.29, 1.82) is 0 Å². The molecule has 1 aliphatic heterocycles. The van der Waals surface area contributed by atoms with Gasteiger partial charge in [-0.1, -0.05) is 16.8 Å². The normalized spacial score (nSPS) is 16.1. The first kappa shape index (κ1) is 14.4. The molecule has 1 aromatic heterocycles. The van der Waals surface area contributed by atoms with Crippen molar-refractivity contribution in [3.63, 3.8) is 0 Å². The summed E-state index contributed by atoms with van der Waals surface area (Å²) in [6.45, 7) is 4.50. The van der Waals surface area contributed by atoms with E-state index >= 15 is 0 Å². The Balaban J connectivity index is 1.90. The van der Waals surface area contributed by atoms with Crippen molar-refractivity contribution in [2.45, 2.75) is 25.7 Å². The van der Waals surface area contributed by atoms with Crippen LogP contribution in [0.15, 0.2) is 22.7 Å². The molecule has 0 bridgehead atoms. The number of rotatable bonds is 4. The number of nitrogens with one attached hydrogen (secondary N) is 1. The molecule has 112 valence electrons. The number of benzene rings is 1. The van der Waals surface area contributed by atoms with Gasteiger partial charge < -0.3 is 14.6 Å². The first-order valence-electron chi connectivity index (χ1n) is 7.25. The number of halogens is 1. The smallest absolute Gasteiger partial charge is 0.230 e. The molecule has 3 rings (SSSR count). The van der Waals surface area contributed by atoms with Gasteiger partial charge in [0.1, 0.15) is 5.75 Å². The maximum absolute atomic E-state index is 6.07. The molecule has 1 saturated heterocycles. The first-order chi connectivity index (χ1) is 10.3. The van der Waals surface area contributed by atoms with Gasteiger partial charge in [-0.15, -0.1) is 0 Å². The van der Waals surface area contributed by atoms with E-state index in [1.165, 1.54) is 0 Å². The fraction of sp³-hybridized carbons (Fsp3) is 0.467. The van der Waals surface area contributed by atoms with Crippen LogP contribution in [0.5, 0.6) is 5.75 Å². The Morgan fingerprint density at radius 2 is 2.19 bits per heavy atom. The third kappa shape index (κ3) is 3.19. The van der Waals surface area contributed by atoms with Gasteiger partial charge in [-0.05, 0) is 51.1 Å². The van der Waals surface area contributed by atoms with Crippen LogP contribution < -0.4 is 10.1 Å². The number of hydrogen-bond acceptors (Lipinski definition) is 5. The van der Waals surface area contributed by atoms with Crippen LogP contribution in [-0.2, 0) is 0 Å². The molecule has 2 aromatic rings. The number of aromatic nitrogens is 2. The second-order valence-corrected chi connectivity index (χ2v) is 5.49. The predicted molar refractivity (Wildman–Crippen MR) is 80.8 cm³/mol. The zero-order chi connectivity index (χ0) is 14.7. The van der Waals surface area contributed by atoms with Gasteiger partial charge in [-0.3, -0.25) is 0 Å². The van der Waals surface area contributed by atoms with Gasteiger partial charge in [0, 0.05) is 10.9 Å². The average Bonchev–Trinajstić information content (AvgIpc) is 3.00. The minimum Gasteiger partial charge on any atom is -0.493 e. The highest BCUT2D eigenvalue weighted by Gasteiger charge is 2.22. The standard InChI is InChI=1S/C15H18ClN3O2/c1-2-20-13-4-3-11(16)9-12(13)14-18-15(21-19-14)10-5-7-17-8-6-10/h3-4,9-10,17H,2,5-8H2,1H3. The quantitative estimate of drug-likeness (QED) is 0.939. The van der Waals surface area contributed by atoms with E-state index in [1.807, 2.05) is 19.1 Å². The summed E-state index contributed by atoms with van der Waals surface area (Å²) in [7, 11) is 0. The topological polar surface area (TPSA) is 60.2 Å². The van der Waals surface area contributed by atoms with Crippen LogP contribution in [0.1, 0.15) is 31.6 Å². The highest BCUT2D eigenvalue weighted by atomic mass is 35.5. The summed E-state index contributed by atoms with van der Waals surface area (Å²) < 4.78 is 11.1.